The number of carbonyl (C=O) groups is 1. The fraction of sp³-hybridized carbons (Fsp3) is 0.500. The molecule has 0 amide bonds. The molecule has 7 heteroatoms. The molecule has 0 N–H and O–H groups in total. The van der Waals surface area contributed by atoms with Crippen LogP contribution < -0.4 is 5.56 Å². The van der Waals surface area contributed by atoms with Crippen molar-refractivity contribution >= 4 is 17.0 Å². The van der Waals surface area contributed by atoms with Crippen molar-refractivity contribution in [2.24, 2.45) is 7.05 Å². The summed E-state index contributed by atoms with van der Waals surface area (Å²) in [6.07, 6.45) is 2.90. The van der Waals surface area contributed by atoms with Crippen LogP contribution in [0.1, 0.15) is 20.3 Å². The summed E-state index contributed by atoms with van der Waals surface area (Å²) in [4.78, 5) is 27.7. The number of carbonyl (C=O) groups excluding carboxylic acids is 1. The van der Waals surface area contributed by atoms with Gasteiger partial charge in [0.1, 0.15) is 5.39 Å². The summed E-state index contributed by atoms with van der Waals surface area (Å²) < 4.78 is 7.94. The Kier molecular flexibility index (Phi) is 3.64. The van der Waals surface area contributed by atoms with Crippen LogP contribution in [0.4, 0.5) is 0 Å². The summed E-state index contributed by atoms with van der Waals surface area (Å²) in [5.74, 6) is -0.326. The highest BCUT2D eigenvalue weighted by Crippen LogP contribution is 2.03. The first-order valence-electron chi connectivity index (χ1n) is 6.05. The molecule has 2 rings (SSSR count). The Labute approximate surface area is 109 Å². The molecule has 0 atom stereocenters. The van der Waals surface area contributed by atoms with Crippen molar-refractivity contribution in [1.82, 2.24) is 19.3 Å². The van der Waals surface area contributed by atoms with Gasteiger partial charge in [0.2, 0.25) is 0 Å². The molecular formula is C12H16N4O3. The zero-order chi connectivity index (χ0) is 14.0. The summed E-state index contributed by atoms with van der Waals surface area (Å²) in [7, 11) is 1.72. The molecule has 0 aliphatic rings. The van der Waals surface area contributed by atoms with Gasteiger partial charge in [-0.3, -0.25) is 18.8 Å². The lowest BCUT2D eigenvalue weighted by Gasteiger charge is -2.08. The molecule has 0 radical (unpaired) electrons. The standard InChI is InChI=1S/C12H16N4O3/c1-8(2)19-10(17)4-5-16-7-13-11-9(12(16)18)6-14-15(11)3/h6-8H,4-5H2,1-3H3. The molecule has 0 saturated heterocycles. The molecule has 0 aliphatic heterocycles. The Balaban J connectivity index is 2.16. The van der Waals surface area contributed by atoms with Crippen molar-refractivity contribution < 1.29 is 9.53 Å². The van der Waals surface area contributed by atoms with Crippen LogP contribution in [-0.4, -0.2) is 31.4 Å². The van der Waals surface area contributed by atoms with Crippen molar-refractivity contribution in [3.8, 4) is 0 Å². The van der Waals surface area contributed by atoms with E-state index in [-0.39, 0.29) is 30.6 Å². The van der Waals surface area contributed by atoms with Gasteiger partial charge < -0.3 is 4.74 Å². The topological polar surface area (TPSA) is 79.0 Å². The number of esters is 1. The molecule has 0 spiro atoms. The fourth-order valence-corrected chi connectivity index (χ4v) is 1.76. The monoisotopic (exact) mass is 264 g/mol. The van der Waals surface area contributed by atoms with E-state index in [0.29, 0.717) is 11.0 Å². The van der Waals surface area contributed by atoms with E-state index in [4.69, 9.17) is 4.74 Å². The molecule has 7 nitrogen and oxygen atoms in total. The van der Waals surface area contributed by atoms with Gasteiger partial charge in [-0.1, -0.05) is 0 Å². The molecule has 0 unspecified atom stereocenters. The molecule has 2 aromatic rings. The van der Waals surface area contributed by atoms with Gasteiger partial charge in [-0.15, -0.1) is 0 Å². The summed E-state index contributed by atoms with van der Waals surface area (Å²) in [6, 6.07) is 0. The maximum atomic E-state index is 12.1. The van der Waals surface area contributed by atoms with Crippen molar-refractivity contribution in [1.29, 1.82) is 0 Å². The third-order valence-corrected chi connectivity index (χ3v) is 2.64. The summed E-state index contributed by atoms with van der Waals surface area (Å²) in [5, 5.41) is 4.43. The second kappa shape index (κ2) is 5.21. The Hall–Kier alpha value is -2.18. The molecule has 0 bridgehead atoms. The molecule has 102 valence electrons. The van der Waals surface area contributed by atoms with Crippen LogP contribution in [0.2, 0.25) is 0 Å². The molecule has 2 heterocycles. The second-order valence-corrected chi connectivity index (χ2v) is 4.54. The van der Waals surface area contributed by atoms with Crippen molar-refractivity contribution in [2.45, 2.75) is 32.9 Å². The number of fused-ring (bicyclic) bond motifs is 1. The van der Waals surface area contributed by atoms with Gasteiger partial charge in [-0.05, 0) is 13.8 Å². The lowest BCUT2D eigenvalue weighted by Crippen LogP contribution is -2.23. The van der Waals surface area contributed by atoms with Gasteiger partial charge in [0, 0.05) is 13.6 Å². The first-order valence-corrected chi connectivity index (χ1v) is 6.05. The van der Waals surface area contributed by atoms with Crippen molar-refractivity contribution in [3.05, 3.63) is 22.9 Å². The quantitative estimate of drug-likeness (QED) is 0.750. The fourth-order valence-electron chi connectivity index (χ4n) is 1.76. The van der Waals surface area contributed by atoms with Crippen LogP contribution in [0.3, 0.4) is 0 Å². The van der Waals surface area contributed by atoms with E-state index in [1.807, 2.05) is 0 Å². The van der Waals surface area contributed by atoms with Crippen LogP contribution in [-0.2, 0) is 23.1 Å². The number of nitrogens with zero attached hydrogens (tertiary/aromatic N) is 4. The number of aromatic nitrogens is 4. The molecule has 19 heavy (non-hydrogen) atoms. The Morgan fingerprint density at radius 2 is 2.21 bits per heavy atom. The lowest BCUT2D eigenvalue weighted by molar-refractivity contribution is -0.147. The number of ether oxygens (including phenoxy) is 1. The van der Waals surface area contributed by atoms with E-state index in [0.717, 1.165) is 0 Å². The maximum absolute atomic E-state index is 12.1. The smallest absolute Gasteiger partial charge is 0.307 e. The Morgan fingerprint density at radius 3 is 2.89 bits per heavy atom. The van der Waals surface area contributed by atoms with Crippen LogP contribution >= 0.6 is 0 Å². The summed E-state index contributed by atoms with van der Waals surface area (Å²) in [6.45, 7) is 3.82. The normalized spacial score (nSPS) is 11.2. The predicted molar refractivity (Wildman–Crippen MR) is 68.6 cm³/mol. The maximum Gasteiger partial charge on any atom is 0.307 e. The molecule has 2 aromatic heterocycles. The van der Waals surface area contributed by atoms with Gasteiger partial charge >= 0.3 is 5.97 Å². The van der Waals surface area contributed by atoms with Crippen LogP contribution in [0.25, 0.3) is 11.0 Å². The van der Waals surface area contributed by atoms with Gasteiger partial charge in [0.25, 0.3) is 5.56 Å². The van der Waals surface area contributed by atoms with E-state index in [1.54, 1.807) is 20.9 Å². The van der Waals surface area contributed by atoms with E-state index in [9.17, 15) is 9.59 Å². The minimum Gasteiger partial charge on any atom is -0.463 e. The zero-order valence-corrected chi connectivity index (χ0v) is 11.2. The highest BCUT2D eigenvalue weighted by molar-refractivity contribution is 5.73. The summed E-state index contributed by atoms with van der Waals surface area (Å²) in [5.41, 5.74) is 0.335. The molecule has 0 fully saturated rings. The highest BCUT2D eigenvalue weighted by Gasteiger charge is 2.10. The van der Waals surface area contributed by atoms with E-state index in [1.165, 1.54) is 21.8 Å². The molecule has 0 aliphatic carbocycles. The molecule has 0 saturated carbocycles. The van der Waals surface area contributed by atoms with Crippen molar-refractivity contribution in [3.63, 3.8) is 0 Å². The molecule has 0 aromatic carbocycles. The van der Waals surface area contributed by atoms with Crippen LogP contribution in [0, 0.1) is 0 Å². The van der Waals surface area contributed by atoms with Gasteiger partial charge in [0.05, 0.1) is 25.0 Å². The third-order valence-electron chi connectivity index (χ3n) is 2.64. The van der Waals surface area contributed by atoms with E-state index < -0.39 is 0 Å². The number of rotatable bonds is 4. The number of hydrogen-bond donors (Lipinski definition) is 0. The predicted octanol–water partition coefficient (Wildman–Crippen LogP) is 0.472. The highest BCUT2D eigenvalue weighted by atomic mass is 16.5. The van der Waals surface area contributed by atoms with Crippen molar-refractivity contribution in [2.75, 3.05) is 0 Å². The average Bonchev–Trinajstić information content (AvgIpc) is 2.70. The summed E-state index contributed by atoms with van der Waals surface area (Å²) >= 11 is 0. The van der Waals surface area contributed by atoms with Gasteiger partial charge in [-0.25, -0.2) is 4.98 Å². The largest absolute Gasteiger partial charge is 0.463 e. The molecular weight excluding hydrogens is 248 g/mol. The van der Waals surface area contributed by atoms with Gasteiger partial charge in [0.15, 0.2) is 5.65 Å². The van der Waals surface area contributed by atoms with Gasteiger partial charge in [-0.2, -0.15) is 5.10 Å². The Bertz CT molecular complexity index is 657. The van der Waals surface area contributed by atoms with Crippen LogP contribution in [0.15, 0.2) is 17.3 Å². The van der Waals surface area contributed by atoms with E-state index >= 15 is 0 Å². The average molecular weight is 264 g/mol. The second-order valence-electron chi connectivity index (χ2n) is 4.54. The zero-order valence-electron chi connectivity index (χ0n) is 11.2. The number of aryl methyl sites for hydroxylation is 2. The van der Waals surface area contributed by atoms with E-state index in [2.05, 4.69) is 10.1 Å². The first kappa shape index (κ1) is 13.3. The SMILES string of the molecule is CC(C)OC(=O)CCn1cnc2c(cnn2C)c1=O. The first-order chi connectivity index (χ1) is 8.99. The number of hydrogen-bond acceptors (Lipinski definition) is 5. The minimum absolute atomic E-state index is 0.144. The Morgan fingerprint density at radius 1 is 1.47 bits per heavy atom. The lowest BCUT2D eigenvalue weighted by atomic mass is 10.4. The minimum atomic E-state index is -0.326. The third kappa shape index (κ3) is 2.81. The van der Waals surface area contributed by atoms with Crippen LogP contribution in [0.5, 0.6) is 0 Å².